The van der Waals surface area contributed by atoms with Crippen LogP contribution in [0, 0.1) is 5.82 Å². The average molecular weight is 275 g/mol. The van der Waals surface area contributed by atoms with E-state index < -0.39 is 0 Å². The Kier molecular flexibility index (Phi) is 4.90. The SMILES string of the molecule is CCCn1ccnc1-c1cc(C(C)NCC)ccc1F. The van der Waals surface area contributed by atoms with E-state index in [2.05, 4.69) is 31.1 Å². The van der Waals surface area contributed by atoms with E-state index in [9.17, 15) is 4.39 Å². The third-order valence-corrected chi connectivity index (χ3v) is 3.42. The maximum Gasteiger partial charge on any atom is 0.142 e. The quantitative estimate of drug-likeness (QED) is 0.869. The Morgan fingerprint density at radius 2 is 2.15 bits per heavy atom. The molecule has 0 saturated carbocycles. The molecule has 1 unspecified atom stereocenters. The number of aryl methyl sites for hydroxylation is 1. The first-order valence-electron chi connectivity index (χ1n) is 7.21. The molecule has 0 aliphatic rings. The number of rotatable bonds is 6. The molecule has 0 bridgehead atoms. The van der Waals surface area contributed by atoms with Gasteiger partial charge in [0, 0.05) is 25.0 Å². The zero-order valence-corrected chi connectivity index (χ0v) is 12.4. The molecule has 108 valence electrons. The van der Waals surface area contributed by atoms with Gasteiger partial charge in [-0.05, 0) is 37.6 Å². The molecule has 0 radical (unpaired) electrons. The van der Waals surface area contributed by atoms with Crippen molar-refractivity contribution >= 4 is 0 Å². The summed E-state index contributed by atoms with van der Waals surface area (Å²) in [7, 11) is 0. The minimum atomic E-state index is -0.221. The number of hydrogen-bond donors (Lipinski definition) is 1. The summed E-state index contributed by atoms with van der Waals surface area (Å²) in [6, 6.07) is 5.47. The second-order valence-electron chi connectivity index (χ2n) is 4.96. The highest BCUT2D eigenvalue weighted by atomic mass is 19.1. The van der Waals surface area contributed by atoms with Crippen molar-refractivity contribution in [2.75, 3.05) is 6.54 Å². The molecule has 1 heterocycles. The van der Waals surface area contributed by atoms with Crippen molar-refractivity contribution in [2.45, 2.75) is 39.8 Å². The molecule has 1 aromatic carbocycles. The summed E-state index contributed by atoms with van der Waals surface area (Å²) in [5.74, 6) is 0.482. The van der Waals surface area contributed by atoms with Crippen LogP contribution in [0.15, 0.2) is 30.6 Å². The van der Waals surface area contributed by atoms with Gasteiger partial charge in [0.05, 0.1) is 5.56 Å². The van der Waals surface area contributed by atoms with Gasteiger partial charge in [-0.1, -0.05) is 19.9 Å². The predicted molar refractivity (Wildman–Crippen MR) is 80.0 cm³/mol. The van der Waals surface area contributed by atoms with E-state index in [-0.39, 0.29) is 11.9 Å². The molecule has 0 fully saturated rings. The van der Waals surface area contributed by atoms with Crippen molar-refractivity contribution in [1.29, 1.82) is 0 Å². The lowest BCUT2D eigenvalue weighted by atomic mass is 10.0. The predicted octanol–water partition coefficient (Wildman–Crippen LogP) is 3.77. The van der Waals surface area contributed by atoms with Crippen molar-refractivity contribution in [3.8, 4) is 11.4 Å². The second-order valence-corrected chi connectivity index (χ2v) is 4.96. The minimum Gasteiger partial charge on any atom is -0.331 e. The normalized spacial score (nSPS) is 12.6. The Labute approximate surface area is 119 Å². The molecule has 3 nitrogen and oxygen atoms in total. The largest absolute Gasteiger partial charge is 0.331 e. The molecule has 0 saturated heterocycles. The van der Waals surface area contributed by atoms with Crippen LogP contribution < -0.4 is 5.32 Å². The number of halogens is 1. The maximum atomic E-state index is 14.1. The number of aromatic nitrogens is 2. The van der Waals surface area contributed by atoms with Crippen molar-refractivity contribution in [1.82, 2.24) is 14.9 Å². The van der Waals surface area contributed by atoms with E-state index in [1.54, 1.807) is 6.20 Å². The first kappa shape index (κ1) is 14.7. The molecule has 0 spiro atoms. The van der Waals surface area contributed by atoms with Gasteiger partial charge in [-0.15, -0.1) is 0 Å². The molecule has 2 rings (SSSR count). The minimum absolute atomic E-state index is 0.203. The molecule has 1 atom stereocenters. The summed E-state index contributed by atoms with van der Waals surface area (Å²) in [6.45, 7) is 7.98. The molecule has 20 heavy (non-hydrogen) atoms. The molecule has 1 N–H and O–H groups in total. The Balaban J connectivity index is 2.40. The Morgan fingerprint density at radius 3 is 2.85 bits per heavy atom. The van der Waals surface area contributed by atoms with Gasteiger partial charge in [-0.3, -0.25) is 0 Å². The van der Waals surface area contributed by atoms with Gasteiger partial charge in [0.1, 0.15) is 11.6 Å². The first-order valence-corrected chi connectivity index (χ1v) is 7.21. The molecule has 4 heteroatoms. The van der Waals surface area contributed by atoms with E-state index in [0.717, 1.165) is 25.1 Å². The highest BCUT2D eigenvalue weighted by Crippen LogP contribution is 2.25. The van der Waals surface area contributed by atoms with Gasteiger partial charge < -0.3 is 9.88 Å². The van der Waals surface area contributed by atoms with Gasteiger partial charge >= 0.3 is 0 Å². The van der Waals surface area contributed by atoms with Crippen LogP contribution in [-0.4, -0.2) is 16.1 Å². The van der Waals surface area contributed by atoms with Crippen LogP contribution in [0.2, 0.25) is 0 Å². The van der Waals surface area contributed by atoms with E-state index in [0.29, 0.717) is 11.4 Å². The van der Waals surface area contributed by atoms with E-state index in [4.69, 9.17) is 0 Å². The maximum absolute atomic E-state index is 14.1. The Hall–Kier alpha value is -1.68. The van der Waals surface area contributed by atoms with Crippen molar-refractivity contribution in [3.05, 3.63) is 42.0 Å². The summed E-state index contributed by atoms with van der Waals surface area (Å²) in [4.78, 5) is 4.31. The van der Waals surface area contributed by atoms with E-state index in [1.807, 2.05) is 22.9 Å². The van der Waals surface area contributed by atoms with Crippen LogP contribution in [0.1, 0.15) is 38.8 Å². The summed E-state index contributed by atoms with van der Waals surface area (Å²) in [5, 5.41) is 3.34. The van der Waals surface area contributed by atoms with E-state index in [1.165, 1.54) is 6.07 Å². The highest BCUT2D eigenvalue weighted by molar-refractivity contribution is 5.58. The van der Waals surface area contributed by atoms with Gasteiger partial charge in [0.15, 0.2) is 0 Å². The first-order chi connectivity index (χ1) is 9.67. The lowest BCUT2D eigenvalue weighted by Crippen LogP contribution is -2.17. The topological polar surface area (TPSA) is 29.9 Å². The van der Waals surface area contributed by atoms with Gasteiger partial charge in [-0.2, -0.15) is 0 Å². The lowest BCUT2D eigenvalue weighted by molar-refractivity contribution is 0.591. The molecular formula is C16H22FN3. The van der Waals surface area contributed by atoms with Crippen LogP contribution in [0.25, 0.3) is 11.4 Å². The lowest BCUT2D eigenvalue weighted by Gasteiger charge is -2.15. The van der Waals surface area contributed by atoms with Gasteiger partial charge in [-0.25, -0.2) is 9.37 Å². The number of hydrogen-bond acceptors (Lipinski definition) is 2. The fourth-order valence-corrected chi connectivity index (χ4v) is 2.38. The average Bonchev–Trinajstić information content (AvgIpc) is 2.88. The number of imidazole rings is 1. The van der Waals surface area contributed by atoms with Crippen LogP contribution in [0.5, 0.6) is 0 Å². The molecular weight excluding hydrogens is 253 g/mol. The van der Waals surface area contributed by atoms with Crippen LogP contribution in [-0.2, 0) is 6.54 Å². The third-order valence-electron chi connectivity index (χ3n) is 3.42. The summed E-state index contributed by atoms with van der Waals surface area (Å²) in [5.41, 5.74) is 1.65. The summed E-state index contributed by atoms with van der Waals surface area (Å²) in [6.07, 6.45) is 4.63. The molecule has 0 aliphatic heterocycles. The van der Waals surface area contributed by atoms with E-state index >= 15 is 0 Å². The Morgan fingerprint density at radius 1 is 1.35 bits per heavy atom. The number of benzene rings is 1. The summed E-state index contributed by atoms with van der Waals surface area (Å²) >= 11 is 0. The van der Waals surface area contributed by atoms with Gasteiger partial charge in [0.25, 0.3) is 0 Å². The van der Waals surface area contributed by atoms with Crippen LogP contribution in [0.3, 0.4) is 0 Å². The molecule has 1 aromatic heterocycles. The van der Waals surface area contributed by atoms with Crippen LogP contribution >= 0.6 is 0 Å². The summed E-state index contributed by atoms with van der Waals surface area (Å²) < 4.78 is 16.1. The smallest absolute Gasteiger partial charge is 0.142 e. The molecule has 0 aliphatic carbocycles. The van der Waals surface area contributed by atoms with Crippen molar-refractivity contribution in [2.24, 2.45) is 0 Å². The van der Waals surface area contributed by atoms with Crippen molar-refractivity contribution < 1.29 is 4.39 Å². The highest BCUT2D eigenvalue weighted by Gasteiger charge is 2.13. The zero-order chi connectivity index (χ0) is 14.5. The second kappa shape index (κ2) is 6.66. The monoisotopic (exact) mass is 275 g/mol. The fraction of sp³-hybridized carbons (Fsp3) is 0.438. The standard InChI is InChI=1S/C16H22FN3/c1-4-9-20-10-8-19-16(20)14-11-13(6-7-15(14)17)12(3)18-5-2/h6-8,10-12,18H,4-5,9H2,1-3H3. The van der Waals surface area contributed by atoms with Crippen molar-refractivity contribution in [3.63, 3.8) is 0 Å². The molecule has 2 aromatic rings. The number of nitrogens with zero attached hydrogens (tertiary/aromatic N) is 2. The number of nitrogens with one attached hydrogen (secondary N) is 1. The third kappa shape index (κ3) is 3.07. The van der Waals surface area contributed by atoms with Crippen LogP contribution in [0.4, 0.5) is 4.39 Å². The van der Waals surface area contributed by atoms with Gasteiger partial charge in [0.2, 0.25) is 0 Å². The Bertz CT molecular complexity index is 563. The zero-order valence-electron chi connectivity index (χ0n) is 12.4. The fourth-order valence-electron chi connectivity index (χ4n) is 2.38. The molecule has 0 amide bonds.